The number of aryl methyl sites for hydroxylation is 4. The number of hydrogen-bond donors (Lipinski definition) is 0. The highest BCUT2D eigenvalue weighted by molar-refractivity contribution is 6.14. The molecule has 404 valence electrons. The summed E-state index contributed by atoms with van der Waals surface area (Å²) in [7, 11) is 0. The Labute approximate surface area is 485 Å². The van der Waals surface area contributed by atoms with Crippen molar-refractivity contribution < 1.29 is 0 Å². The van der Waals surface area contributed by atoms with Crippen LogP contribution >= 0.6 is 0 Å². The highest BCUT2D eigenvalue weighted by atomic mass is 15.2. The monoisotopic (exact) mass is 1060 g/mol. The van der Waals surface area contributed by atoms with Gasteiger partial charge in [0.25, 0.3) is 0 Å². The molecule has 0 atom stereocenters. The van der Waals surface area contributed by atoms with Crippen LogP contribution in [0.4, 0.5) is 68.2 Å². The summed E-state index contributed by atoms with van der Waals surface area (Å²) in [5.41, 5.74) is 20.2. The first-order valence-electron chi connectivity index (χ1n) is 28.8. The predicted octanol–water partition coefficient (Wildman–Crippen LogP) is 22.9. The highest BCUT2D eigenvalue weighted by Crippen LogP contribution is 2.52. The molecule has 4 nitrogen and oxygen atoms in total. The zero-order valence-corrected chi connectivity index (χ0v) is 49.0. The topological polar surface area (TPSA) is 13.0 Å². The first kappa shape index (κ1) is 53.3. The first-order chi connectivity index (χ1) is 39.6. The van der Waals surface area contributed by atoms with Crippen molar-refractivity contribution in [1.82, 2.24) is 0 Å². The Morgan fingerprint density at radius 3 is 0.817 bits per heavy atom. The largest absolute Gasteiger partial charge is 0.310 e. The second-order valence-electron chi connectivity index (χ2n) is 24.2. The van der Waals surface area contributed by atoms with Crippen LogP contribution in [0.2, 0.25) is 0 Å². The van der Waals surface area contributed by atoms with Gasteiger partial charge in [0.15, 0.2) is 0 Å². The molecule has 0 aliphatic heterocycles. The molecular formula is C78H72N4. The number of anilines is 12. The predicted molar refractivity (Wildman–Crippen MR) is 354 cm³/mol. The summed E-state index contributed by atoms with van der Waals surface area (Å²) in [5, 5.41) is 6.95. The zero-order chi connectivity index (χ0) is 56.9. The van der Waals surface area contributed by atoms with Crippen molar-refractivity contribution in [1.29, 1.82) is 0 Å². The van der Waals surface area contributed by atoms with Gasteiger partial charge in [-0.2, -0.15) is 0 Å². The van der Waals surface area contributed by atoms with Crippen LogP contribution in [0.3, 0.4) is 0 Å². The lowest BCUT2D eigenvalue weighted by atomic mass is 9.81. The molecule has 0 saturated heterocycles. The van der Waals surface area contributed by atoms with Crippen molar-refractivity contribution >= 4 is 101 Å². The van der Waals surface area contributed by atoms with Crippen molar-refractivity contribution in [3.05, 3.63) is 288 Å². The number of fused-ring (bicyclic) bond motifs is 3. The fourth-order valence-corrected chi connectivity index (χ4v) is 11.7. The molecule has 0 radical (unpaired) electrons. The minimum Gasteiger partial charge on any atom is -0.310 e. The molecular weight excluding hydrogens is 993 g/mol. The minimum absolute atomic E-state index is 0.222. The normalized spacial score (nSPS) is 11.8. The van der Waals surface area contributed by atoms with Gasteiger partial charge < -0.3 is 19.6 Å². The van der Waals surface area contributed by atoms with E-state index >= 15 is 0 Å². The van der Waals surface area contributed by atoms with Crippen molar-refractivity contribution in [2.24, 2.45) is 0 Å². The molecule has 0 fully saturated rings. The Morgan fingerprint density at radius 2 is 0.500 bits per heavy atom. The Kier molecular flexibility index (Phi) is 14.0. The summed E-state index contributed by atoms with van der Waals surface area (Å²) in [6.45, 7) is 22.7. The van der Waals surface area contributed by atoms with Gasteiger partial charge in [0.2, 0.25) is 0 Å². The second kappa shape index (κ2) is 21.6. The van der Waals surface area contributed by atoms with Crippen LogP contribution in [0.1, 0.15) is 74.9 Å². The van der Waals surface area contributed by atoms with Gasteiger partial charge in [-0.25, -0.2) is 0 Å². The van der Waals surface area contributed by atoms with Gasteiger partial charge in [-0.15, -0.1) is 0 Å². The van der Waals surface area contributed by atoms with E-state index in [1.807, 2.05) is 0 Å². The molecule has 0 spiro atoms. The fraction of sp³-hybridized carbons (Fsp3) is 0.154. The molecule has 0 N–H and O–H groups in total. The third-order valence-electron chi connectivity index (χ3n) is 16.1. The Bertz CT molecular complexity index is 4000. The standard InChI is InChI=1S/C78H72N4/c1-53-39-43-61(44-40-53)79(63-29-17-23-55(3)47-63)71-35-19-33-67-65(71)31-21-37-73(67)81(59-25-13-11-14-26-59)75-51-57(77(5,6)7)50-70-69(75)49-58(78(8,9)10)52-76(70)82(60-27-15-12-16-28-60)74-38-22-32-66-68(74)34-20-36-72(66)80(62-45-41-54(2)42-46-62)64-30-18-24-56(4)48-64/h11-52H,1-10H3. The van der Waals surface area contributed by atoms with E-state index in [4.69, 9.17) is 0 Å². The summed E-state index contributed by atoms with van der Waals surface area (Å²) in [6.07, 6.45) is 0. The lowest BCUT2D eigenvalue weighted by Crippen LogP contribution is -2.18. The summed E-state index contributed by atoms with van der Waals surface area (Å²) < 4.78 is 0. The second-order valence-corrected chi connectivity index (χ2v) is 24.2. The maximum absolute atomic E-state index is 2.53. The Hall–Kier alpha value is -9.38. The smallest absolute Gasteiger partial charge is 0.0544 e. The molecule has 0 amide bonds. The molecule has 0 heterocycles. The molecule has 0 saturated carbocycles. The molecule has 0 aliphatic carbocycles. The Balaban J connectivity index is 1.14. The van der Waals surface area contributed by atoms with Gasteiger partial charge in [0, 0.05) is 66.4 Å². The van der Waals surface area contributed by atoms with E-state index in [1.54, 1.807) is 0 Å². The molecule has 0 aromatic heterocycles. The number of nitrogens with zero attached hydrogens (tertiary/aromatic N) is 4. The third-order valence-corrected chi connectivity index (χ3v) is 16.1. The van der Waals surface area contributed by atoms with Crippen molar-refractivity contribution in [3.63, 3.8) is 0 Å². The maximum Gasteiger partial charge on any atom is 0.0544 e. The molecule has 12 aromatic rings. The van der Waals surface area contributed by atoms with Gasteiger partial charge in [0.1, 0.15) is 0 Å². The molecule has 0 bridgehead atoms. The van der Waals surface area contributed by atoms with Crippen LogP contribution in [-0.2, 0) is 10.8 Å². The summed E-state index contributed by atoms with van der Waals surface area (Å²) in [4.78, 5) is 9.90. The van der Waals surface area contributed by atoms with E-state index in [0.717, 1.165) is 89.8 Å². The first-order valence-corrected chi connectivity index (χ1v) is 28.8. The average Bonchev–Trinajstić information content (AvgIpc) is 3.40. The molecule has 0 unspecified atom stereocenters. The van der Waals surface area contributed by atoms with Gasteiger partial charge in [-0.05, 0) is 182 Å². The Morgan fingerprint density at radius 1 is 0.207 bits per heavy atom. The van der Waals surface area contributed by atoms with Gasteiger partial charge in [-0.1, -0.05) is 186 Å². The van der Waals surface area contributed by atoms with Crippen LogP contribution in [0, 0.1) is 27.7 Å². The van der Waals surface area contributed by atoms with Gasteiger partial charge in [-0.3, -0.25) is 0 Å². The van der Waals surface area contributed by atoms with Crippen LogP contribution in [0.5, 0.6) is 0 Å². The zero-order valence-electron chi connectivity index (χ0n) is 49.0. The molecule has 12 rings (SSSR count). The molecule has 82 heavy (non-hydrogen) atoms. The van der Waals surface area contributed by atoms with E-state index in [2.05, 4.69) is 344 Å². The van der Waals surface area contributed by atoms with E-state index < -0.39 is 0 Å². The van der Waals surface area contributed by atoms with E-state index in [9.17, 15) is 0 Å². The number of benzene rings is 12. The molecule has 0 aliphatic rings. The highest BCUT2D eigenvalue weighted by Gasteiger charge is 2.29. The number of rotatable bonds is 12. The van der Waals surface area contributed by atoms with E-state index in [1.165, 1.54) is 44.2 Å². The maximum atomic E-state index is 2.53. The summed E-state index contributed by atoms with van der Waals surface area (Å²) in [6, 6.07) is 94.7. The van der Waals surface area contributed by atoms with Crippen molar-refractivity contribution in [2.45, 2.75) is 80.1 Å². The van der Waals surface area contributed by atoms with Crippen molar-refractivity contribution in [2.75, 3.05) is 19.6 Å². The fourth-order valence-electron chi connectivity index (χ4n) is 11.7. The number of hydrogen-bond acceptors (Lipinski definition) is 4. The van der Waals surface area contributed by atoms with Crippen LogP contribution in [0.15, 0.2) is 255 Å². The van der Waals surface area contributed by atoms with Gasteiger partial charge in [0.05, 0.1) is 34.1 Å². The van der Waals surface area contributed by atoms with Crippen LogP contribution in [0.25, 0.3) is 32.3 Å². The quantitative estimate of drug-likeness (QED) is 0.121. The summed E-state index contributed by atoms with van der Waals surface area (Å²) >= 11 is 0. The van der Waals surface area contributed by atoms with Gasteiger partial charge >= 0.3 is 0 Å². The lowest BCUT2D eigenvalue weighted by molar-refractivity contribution is 0.589. The minimum atomic E-state index is -0.222. The SMILES string of the molecule is Cc1ccc(N(c2cccc(C)c2)c2cccc3c(N(c4ccccc4)c4cc(C(C)(C)C)cc5c(N(c6ccccc6)c6cccc7c(N(c8ccc(C)cc8)c8cccc(C)c8)cccc67)cc(C(C)(C)C)cc45)cccc23)cc1. The van der Waals surface area contributed by atoms with E-state index in [-0.39, 0.29) is 10.8 Å². The van der Waals surface area contributed by atoms with Crippen molar-refractivity contribution in [3.8, 4) is 0 Å². The lowest BCUT2D eigenvalue weighted by Gasteiger charge is -2.34. The van der Waals surface area contributed by atoms with Crippen LogP contribution < -0.4 is 19.6 Å². The third kappa shape index (κ3) is 10.3. The van der Waals surface area contributed by atoms with E-state index in [0.29, 0.717) is 0 Å². The molecule has 4 heteroatoms. The van der Waals surface area contributed by atoms with Crippen LogP contribution in [-0.4, -0.2) is 0 Å². The summed E-state index contributed by atoms with van der Waals surface area (Å²) in [5.74, 6) is 0. The number of para-hydroxylation sites is 2. The molecule has 12 aromatic carbocycles. The average molecular weight is 1070 g/mol.